The molecule has 2 atom stereocenters. The summed E-state index contributed by atoms with van der Waals surface area (Å²) >= 11 is 0. The predicted molar refractivity (Wildman–Crippen MR) is 76.7 cm³/mol. The van der Waals surface area contributed by atoms with Crippen molar-refractivity contribution < 1.29 is 9.47 Å². The third kappa shape index (κ3) is 3.01. The second kappa shape index (κ2) is 6.26. The standard InChI is InChI=1S/C15H24N2O2/c1-11(17-7-6-12(9-16)10-17)13-4-5-14(18-2)15(8-13)19-3/h4-5,8,11-12H,6-7,9-10,16H2,1-3H3. The van der Waals surface area contributed by atoms with Crippen LogP contribution >= 0.6 is 0 Å². The Labute approximate surface area is 115 Å². The smallest absolute Gasteiger partial charge is 0.161 e. The van der Waals surface area contributed by atoms with Gasteiger partial charge in [0.25, 0.3) is 0 Å². The first-order chi connectivity index (χ1) is 9.19. The normalized spacial score (nSPS) is 21.4. The summed E-state index contributed by atoms with van der Waals surface area (Å²) in [7, 11) is 3.33. The highest BCUT2D eigenvalue weighted by atomic mass is 16.5. The fourth-order valence-corrected chi connectivity index (χ4v) is 2.73. The van der Waals surface area contributed by atoms with Gasteiger partial charge in [-0.1, -0.05) is 6.07 Å². The SMILES string of the molecule is COc1ccc(C(C)N2CCC(CN)C2)cc1OC. The largest absolute Gasteiger partial charge is 0.493 e. The Morgan fingerprint density at radius 1 is 1.32 bits per heavy atom. The molecule has 2 unspecified atom stereocenters. The molecule has 2 N–H and O–H groups in total. The third-order valence-electron chi connectivity index (χ3n) is 4.09. The van der Waals surface area contributed by atoms with Crippen molar-refractivity contribution in [1.82, 2.24) is 4.90 Å². The van der Waals surface area contributed by atoms with Gasteiger partial charge in [-0.15, -0.1) is 0 Å². The molecule has 0 aromatic heterocycles. The van der Waals surface area contributed by atoms with Crippen LogP contribution in [0, 0.1) is 5.92 Å². The summed E-state index contributed by atoms with van der Waals surface area (Å²) in [5, 5.41) is 0. The van der Waals surface area contributed by atoms with Crippen LogP contribution < -0.4 is 15.2 Å². The lowest BCUT2D eigenvalue weighted by Gasteiger charge is -2.25. The molecule has 1 aliphatic heterocycles. The van der Waals surface area contributed by atoms with Gasteiger partial charge in [-0.05, 0) is 50.0 Å². The Kier molecular flexibility index (Phi) is 4.66. The molecule has 1 heterocycles. The molecule has 0 amide bonds. The summed E-state index contributed by atoms with van der Waals surface area (Å²) in [6, 6.07) is 6.54. The molecule has 19 heavy (non-hydrogen) atoms. The Morgan fingerprint density at radius 2 is 2.05 bits per heavy atom. The lowest BCUT2D eigenvalue weighted by atomic mass is 10.1. The number of ether oxygens (including phenoxy) is 2. The summed E-state index contributed by atoms with van der Waals surface area (Å²) in [4.78, 5) is 2.48. The topological polar surface area (TPSA) is 47.7 Å². The van der Waals surface area contributed by atoms with E-state index in [1.807, 2.05) is 6.07 Å². The molecule has 0 saturated carbocycles. The summed E-state index contributed by atoms with van der Waals surface area (Å²) in [6.45, 7) is 5.23. The molecule has 4 heteroatoms. The number of hydrogen-bond acceptors (Lipinski definition) is 4. The van der Waals surface area contributed by atoms with Crippen LogP contribution in [0.25, 0.3) is 0 Å². The van der Waals surface area contributed by atoms with Crippen molar-refractivity contribution in [3.05, 3.63) is 23.8 Å². The molecule has 1 aliphatic rings. The van der Waals surface area contributed by atoms with Gasteiger partial charge in [0, 0.05) is 12.6 Å². The molecule has 1 fully saturated rings. The van der Waals surface area contributed by atoms with Crippen LogP contribution in [-0.4, -0.2) is 38.8 Å². The molecule has 4 nitrogen and oxygen atoms in total. The molecule has 2 rings (SSSR count). The number of likely N-dealkylation sites (tertiary alicyclic amines) is 1. The predicted octanol–water partition coefficient (Wildman–Crippen LogP) is 2.05. The molecule has 0 radical (unpaired) electrons. The van der Waals surface area contributed by atoms with Gasteiger partial charge in [-0.25, -0.2) is 0 Å². The van der Waals surface area contributed by atoms with E-state index in [2.05, 4.69) is 24.0 Å². The van der Waals surface area contributed by atoms with Gasteiger partial charge in [0.15, 0.2) is 11.5 Å². The monoisotopic (exact) mass is 264 g/mol. The van der Waals surface area contributed by atoms with Crippen molar-refractivity contribution in [1.29, 1.82) is 0 Å². The van der Waals surface area contributed by atoms with Gasteiger partial charge in [0.2, 0.25) is 0 Å². The molecular formula is C15H24N2O2. The van der Waals surface area contributed by atoms with Crippen LogP contribution in [0.3, 0.4) is 0 Å². The number of rotatable bonds is 5. The highest BCUT2D eigenvalue weighted by molar-refractivity contribution is 5.43. The maximum Gasteiger partial charge on any atom is 0.161 e. The minimum Gasteiger partial charge on any atom is -0.493 e. The van der Waals surface area contributed by atoms with E-state index in [4.69, 9.17) is 15.2 Å². The van der Waals surface area contributed by atoms with E-state index in [-0.39, 0.29) is 0 Å². The summed E-state index contributed by atoms with van der Waals surface area (Å²) < 4.78 is 10.6. The Balaban J connectivity index is 2.13. The van der Waals surface area contributed by atoms with Crippen LogP contribution in [0.2, 0.25) is 0 Å². The first-order valence-electron chi connectivity index (χ1n) is 6.85. The first kappa shape index (κ1) is 14.2. The molecule has 1 aromatic carbocycles. The molecule has 0 spiro atoms. The van der Waals surface area contributed by atoms with Crippen molar-refractivity contribution >= 4 is 0 Å². The summed E-state index contributed by atoms with van der Waals surface area (Å²) in [5.41, 5.74) is 7.01. The average Bonchev–Trinajstić information content (AvgIpc) is 2.94. The molecular weight excluding hydrogens is 240 g/mol. The first-order valence-corrected chi connectivity index (χ1v) is 6.85. The summed E-state index contributed by atoms with van der Waals surface area (Å²) in [5.74, 6) is 2.21. The van der Waals surface area contributed by atoms with E-state index in [1.54, 1.807) is 14.2 Å². The van der Waals surface area contributed by atoms with E-state index >= 15 is 0 Å². The second-order valence-corrected chi connectivity index (χ2v) is 5.18. The fraction of sp³-hybridized carbons (Fsp3) is 0.600. The minimum absolute atomic E-state index is 0.386. The van der Waals surface area contributed by atoms with Crippen molar-refractivity contribution in [3.63, 3.8) is 0 Å². The highest BCUT2D eigenvalue weighted by Crippen LogP contribution is 2.33. The fourth-order valence-electron chi connectivity index (χ4n) is 2.73. The van der Waals surface area contributed by atoms with E-state index in [1.165, 1.54) is 12.0 Å². The molecule has 1 saturated heterocycles. The average molecular weight is 264 g/mol. The van der Waals surface area contributed by atoms with Crippen LogP contribution in [0.15, 0.2) is 18.2 Å². The number of nitrogens with two attached hydrogens (primary N) is 1. The third-order valence-corrected chi connectivity index (χ3v) is 4.09. The minimum atomic E-state index is 0.386. The highest BCUT2D eigenvalue weighted by Gasteiger charge is 2.26. The van der Waals surface area contributed by atoms with Crippen molar-refractivity contribution in [3.8, 4) is 11.5 Å². The molecule has 106 valence electrons. The zero-order valence-electron chi connectivity index (χ0n) is 12.1. The van der Waals surface area contributed by atoms with Gasteiger partial charge in [0.1, 0.15) is 0 Å². The number of benzene rings is 1. The van der Waals surface area contributed by atoms with Crippen LogP contribution in [0.1, 0.15) is 24.9 Å². The van der Waals surface area contributed by atoms with Gasteiger partial charge in [0.05, 0.1) is 14.2 Å². The maximum absolute atomic E-state index is 5.76. The number of hydrogen-bond donors (Lipinski definition) is 1. The lowest BCUT2D eigenvalue weighted by molar-refractivity contribution is 0.252. The lowest BCUT2D eigenvalue weighted by Crippen LogP contribution is -2.26. The quantitative estimate of drug-likeness (QED) is 0.884. The van der Waals surface area contributed by atoms with E-state index in [9.17, 15) is 0 Å². The van der Waals surface area contributed by atoms with Gasteiger partial charge >= 0.3 is 0 Å². The summed E-state index contributed by atoms with van der Waals surface area (Å²) in [6.07, 6.45) is 1.20. The van der Waals surface area contributed by atoms with Gasteiger partial charge < -0.3 is 15.2 Å². The number of methoxy groups -OCH3 is 2. The van der Waals surface area contributed by atoms with Crippen LogP contribution in [0.5, 0.6) is 11.5 Å². The van der Waals surface area contributed by atoms with Gasteiger partial charge in [-0.3, -0.25) is 4.90 Å². The van der Waals surface area contributed by atoms with Crippen molar-refractivity contribution in [2.45, 2.75) is 19.4 Å². The zero-order valence-corrected chi connectivity index (χ0v) is 12.1. The molecule has 0 bridgehead atoms. The van der Waals surface area contributed by atoms with Crippen molar-refractivity contribution in [2.75, 3.05) is 33.9 Å². The van der Waals surface area contributed by atoms with E-state index in [0.29, 0.717) is 12.0 Å². The van der Waals surface area contributed by atoms with Crippen molar-refractivity contribution in [2.24, 2.45) is 11.7 Å². The second-order valence-electron chi connectivity index (χ2n) is 5.18. The van der Waals surface area contributed by atoms with Crippen LogP contribution in [-0.2, 0) is 0 Å². The van der Waals surface area contributed by atoms with Gasteiger partial charge in [-0.2, -0.15) is 0 Å². The Morgan fingerprint density at radius 3 is 2.63 bits per heavy atom. The molecule has 0 aliphatic carbocycles. The maximum atomic E-state index is 5.76. The van der Waals surface area contributed by atoms with Crippen LogP contribution in [0.4, 0.5) is 0 Å². The Hall–Kier alpha value is -1.26. The van der Waals surface area contributed by atoms with E-state index < -0.39 is 0 Å². The number of nitrogens with zero attached hydrogens (tertiary/aromatic N) is 1. The zero-order chi connectivity index (χ0) is 13.8. The Bertz CT molecular complexity index is 423. The molecule has 1 aromatic rings. The van der Waals surface area contributed by atoms with E-state index in [0.717, 1.165) is 31.1 Å².